The Kier molecular flexibility index (Phi) is 6.04. The average Bonchev–Trinajstić information content (AvgIpc) is 2.67. The predicted octanol–water partition coefficient (Wildman–Crippen LogP) is 3.67. The minimum Gasteiger partial charge on any atom is -0.336 e. The fraction of sp³-hybridized carbons (Fsp3) is 0.235. The lowest BCUT2D eigenvalue weighted by Gasteiger charge is -2.34. The number of nitrogens with zero attached hydrogens (tertiary/aromatic N) is 2. The summed E-state index contributed by atoms with van der Waals surface area (Å²) in [5.41, 5.74) is 0.263. The van der Waals surface area contributed by atoms with Crippen molar-refractivity contribution in [2.45, 2.75) is 4.90 Å². The molecule has 0 N–H and O–H groups in total. The van der Waals surface area contributed by atoms with Crippen LogP contribution in [-0.2, 0) is 10.0 Å². The van der Waals surface area contributed by atoms with Crippen molar-refractivity contribution in [3.8, 4) is 0 Å². The minimum atomic E-state index is -4.38. The molecule has 1 heterocycles. The van der Waals surface area contributed by atoms with Gasteiger partial charge in [-0.2, -0.15) is 4.31 Å². The Labute approximate surface area is 172 Å². The number of benzene rings is 2. The number of sulfonamides is 1. The van der Waals surface area contributed by atoms with Crippen LogP contribution in [0, 0.1) is 17.5 Å². The Balaban J connectivity index is 1.77. The number of halogens is 5. The number of rotatable bonds is 3. The highest BCUT2D eigenvalue weighted by Crippen LogP contribution is 2.26. The summed E-state index contributed by atoms with van der Waals surface area (Å²) in [6, 6.07) is 6.04. The highest BCUT2D eigenvalue weighted by Gasteiger charge is 2.34. The highest BCUT2D eigenvalue weighted by molar-refractivity contribution is 9.10. The SMILES string of the molecule is O=C(c1cc(Br)ccc1Cl)N1CCN(S(=O)(=O)c2ccc(F)c(F)c2F)CC1. The van der Waals surface area contributed by atoms with Gasteiger partial charge in [0.2, 0.25) is 10.0 Å². The molecular weight excluding hydrogens is 485 g/mol. The fourth-order valence-electron chi connectivity index (χ4n) is 2.81. The summed E-state index contributed by atoms with van der Waals surface area (Å²) < 4.78 is 67.2. The van der Waals surface area contributed by atoms with Gasteiger partial charge in [0, 0.05) is 30.7 Å². The number of carbonyl (C=O) groups excluding carboxylic acids is 1. The Morgan fingerprint density at radius 3 is 2.29 bits per heavy atom. The van der Waals surface area contributed by atoms with E-state index in [4.69, 9.17) is 11.6 Å². The molecule has 1 aliphatic heterocycles. The standard InChI is InChI=1S/C17H13BrClF3N2O3S/c18-10-1-2-12(19)11(9-10)17(25)23-5-7-24(8-6-23)28(26,27)14-4-3-13(20)15(21)16(14)22/h1-4,9H,5-8H2. The number of carbonyl (C=O) groups is 1. The molecule has 0 aromatic heterocycles. The van der Waals surface area contributed by atoms with Crippen molar-refractivity contribution in [1.82, 2.24) is 9.21 Å². The van der Waals surface area contributed by atoms with Gasteiger partial charge >= 0.3 is 0 Å². The molecule has 2 aromatic carbocycles. The molecule has 1 aliphatic rings. The van der Waals surface area contributed by atoms with Crippen LogP contribution in [-0.4, -0.2) is 49.7 Å². The van der Waals surface area contributed by atoms with Crippen molar-refractivity contribution in [2.75, 3.05) is 26.2 Å². The zero-order valence-electron chi connectivity index (χ0n) is 14.1. The van der Waals surface area contributed by atoms with Gasteiger partial charge in [-0.05, 0) is 30.3 Å². The van der Waals surface area contributed by atoms with Crippen LogP contribution in [0.25, 0.3) is 0 Å². The maximum absolute atomic E-state index is 13.9. The molecule has 5 nitrogen and oxygen atoms in total. The maximum atomic E-state index is 13.9. The van der Waals surface area contributed by atoms with E-state index in [0.29, 0.717) is 16.6 Å². The van der Waals surface area contributed by atoms with Gasteiger partial charge in [-0.25, -0.2) is 21.6 Å². The third-order valence-electron chi connectivity index (χ3n) is 4.30. The predicted molar refractivity (Wildman–Crippen MR) is 100 cm³/mol. The second-order valence-corrected chi connectivity index (χ2v) is 9.22. The first kappa shape index (κ1) is 21.1. The lowest BCUT2D eigenvalue weighted by molar-refractivity contribution is 0.0698. The van der Waals surface area contributed by atoms with Crippen molar-refractivity contribution in [3.05, 3.63) is 62.8 Å². The van der Waals surface area contributed by atoms with Gasteiger partial charge in [0.15, 0.2) is 17.5 Å². The summed E-state index contributed by atoms with van der Waals surface area (Å²) >= 11 is 9.31. The molecule has 1 amide bonds. The molecule has 1 saturated heterocycles. The smallest absolute Gasteiger partial charge is 0.255 e. The van der Waals surface area contributed by atoms with Gasteiger partial charge < -0.3 is 4.90 Å². The summed E-state index contributed by atoms with van der Waals surface area (Å²) in [5.74, 6) is -5.46. The van der Waals surface area contributed by atoms with E-state index < -0.39 is 32.4 Å². The van der Waals surface area contributed by atoms with E-state index in [9.17, 15) is 26.4 Å². The third-order valence-corrected chi connectivity index (χ3v) is 7.04. The van der Waals surface area contributed by atoms with Crippen molar-refractivity contribution in [3.63, 3.8) is 0 Å². The molecule has 0 spiro atoms. The van der Waals surface area contributed by atoms with E-state index in [-0.39, 0.29) is 42.7 Å². The van der Waals surface area contributed by atoms with Crippen LogP contribution in [0.2, 0.25) is 5.02 Å². The van der Waals surface area contributed by atoms with Crippen molar-refractivity contribution in [1.29, 1.82) is 0 Å². The van der Waals surface area contributed by atoms with E-state index in [1.807, 2.05) is 0 Å². The molecule has 0 bridgehead atoms. The number of hydrogen-bond acceptors (Lipinski definition) is 3. The zero-order valence-corrected chi connectivity index (χ0v) is 17.3. The van der Waals surface area contributed by atoms with E-state index >= 15 is 0 Å². The summed E-state index contributed by atoms with van der Waals surface area (Å²) in [4.78, 5) is 13.1. The molecule has 0 radical (unpaired) electrons. The molecule has 0 atom stereocenters. The molecule has 0 saturated carbocycles. The number of amides is 1. The van der Waals surface area contributed by atoms with Crippen LogP contribution in [0.15, 0.2) is 39.7 Å². The van der Waals surface area contributed by atoms with Gasteiger partial charge in [0.25, 0.3) is 5.91 Å². The lowest BCUT2D eigenvalue weighted by Crippen LogP contribution is -2.50. The normalized spacial score (nSPS) is 15.7. The van der Waals surface area contributed by atoms with Crippen LogP contribution in [0.5, 0.6) is 0 Å². The first-order valence-electron chi connectivity index (χ1n) is 8.01. The summed E-state index contributed by atoms with van der Waals surface area (Å²) in [5, 5.41) is 0.257. The third kappa shape index (κ3) is 3.91. The van der Waals surface area contributed by atoms with Gasteiger partial charge in [-0.3, -0.25) is 4.79 Å². The second kappa shape index (κ2) is 8.02. The number of piperazine rings is 1. The van der Waals surface area contributed by atoms with Crippen molar-refractivity contribution >= 4 is 43.5 Å². The quantitative estimate of drug-likeness (QED) is 0.608. The maximum Gasteiger partial charge on any atom is 0.255 e. The molecule has 3 rings (SSSR count). The summed E-state index contributed by atoms with van der Waals surface area (Å²) in [6.45, 7) is -0.186. The molecule has 2 aromatic rings. The average molecular weight is 498 g/mol. The Morgan fingerprint density at radius 1 is 1.00 bits per heavy atom. The molecule has 28 heavy (non-hydrogen) atoms. The van der Waals surface area contributed by atoms with E-state index in [2.05, 4.69) is 15.9 Å². The van der Waals surface area contributed by atoms with Crippen LogP contribution < -0.4 is 0 Å². The summed E-state index contributed by atoms with van der Waals surface area (Å²) in [6.07, 6.45) is 0. The Morgan fingerprint density at radius 2 is 1.64 bits per heavy atom. The first-order valence-corrected chi connectivity index (χ1v) is 10.6. The fourth-order valence-corrected chi connectivity index (χ4v) is 4.85. The van der Waals surface area contributed by atoms with Crippen LogP contribution in [0.3, 0.4) is 0 Å². The molecule has 0 aliphatic carbocycles. The van der Waals surface area contributed by atoms with Crippen LogP contribution >= 0.6 is 27.5 Å². The van der Waals surface area contributed by atoms with E-state index in [1.165, 1.54) is 4.90 Å². The molecule has 11 heteroatoms. The monoisotopic (exact) mass is 496 g/mol. The minimum absolute atomic E-state index is 0.0339. The topological polar surface area (TPSA) is 57.7 Å². The first-order chi connectivity index (χ1) is 13.1. The molecule has 0 unspecified atom stereocenters. The Bertz CT molecular complexity index is 1040. The lowest BCUT2D eigenvalue weighted by atomic mass is 10.2. The molecule has 1 fully saturated rings. The van der Waals surface area contributed by atoms with E-state index in [1.54, 1.807) is 18.2 Å². The molecular formula is C17H13BrClF3N2O3S. The van der Waals surface area contributed by atoms with Crippen molar-refractivity contribution < 1.29 is 26.4 Å². The van der Waals surface area contributed by atoms with Crippen molar-refractivity contribution in [2.24, 2.45) is 0 Å². The van der Waals surface area contributed by atoms with Gasteiger partial charge in [-0.1, -0.05) is 27.5 Å². The summed E-state index contributed by atoms with van der Waals surface area (Å²) in [7, 11) is -4.38. The van der Waals surface area contributed by atoms with Gasteiger partial charge in [-0.15, -0.1) is 0 Å². The van der Waals surface area contributed by atoms with E-state index in [0.717, 1.165) is 4.31 Å². The largest absolute Gasteiger partial charge is 0.336 e. The Hall–Kier alpha value is -1.62. The van der Waals surface area contributed by atoms with Crippen LogP contribution in [0.1, 0.15) is 10.4 Å². The van der Waals surface area contributed by atoms with Crippen LogP contribution in [0.4, 0.5) is 13.2 Å². The number of hydrogen-bond donors (Lipinski definition) is 0. The van der Waals surface area contributed by atoms with Gasteiger partial charge in [0.1, 0.15) is 4.90 Å². The molecule has 150 valence electrons. The van der Waals surface area contributed by atoms with Gasteiger partial charge in [0.05, 0.1) is 10.6 Å². The highest BCUT2D eigenvalue weighted by atomic mass is 79.9. The second-order valence-electron chi connectivity index (χ2n) is 5.99. The zero-order chi connectivity index (χ0) is 20.6.